The third-order valence-corrected chi connectivity index (χ3v) is 2.85. The van der Waals surface area contributed by atoms with Crippen LogP contribution in [0.1, 0.15) is 11.5 Å². The largest absolute Gasteiger partial charge is 0.406 e. The van der Waals surface area contributed by atoms with Crippen molar-refractivity contribution in [1.29, 1.82) is 0 Å². The van der Waals surface area contributed by atoms with E-state index >= 15 is 0 Å². The quantitative estimate of drug-likeness (QED) is 0.908. The summed E-state index contributed by atoms with van der Waals surface area (Å²) >= 11 is 3.46. The van der Waals surface area contributed by atoms with E-state index in [1.165, 1.54) is 0 Å². The van der Waals surface area contributed by atoms with E-state index in [0.29, 0.717) is 18.5 Å². The molecule has 17 heavy (non-hydrogen) atoms. The van der Waals surface area contributed by atoms with Crippen molar-refractivity contribution in [2.24, 2.45) is 0 Å². The Morgan fingerprint density at radius 1 is 1.35 bits per heavy atom. The fraction of sp³-hybridized carbons (Fsp3) is 0.273. The first-order valence-electron chi connectivity index (χ1n) is 5.19. The minimum Gasteiger partial charge on any atom is -0.406 e. The van der Waals surface area contributed by atoms with E-state index in [4.69, 9.17) is 4.42 Å². The Kier molecular flexibility index (Phi) is 3.75. The number of benzene rings is 1. The SMILES string of the molecule is CNCc1nnc(Nc2cc(C)ccc2Br)o1. The van der Waals surface area contributed by atoms with Gasteiger partial charge in [0.05, 0.1) is 12.2 Å². The van der Waals surface area contributed by atoms with Crippen molar-refractivity contribution in [2.75, 3.05) is 12.4 Å². The molecule has 0 fully saturated rings. The average molecular weight is 297 g/mol. The van der Waals surface area contributed by atoms with Crippen LogP contribution in [-0.4, -0.2) is 17.2 Å². The van der Waals surface area contributed by atoms with Gasteiger partial charge in [-0.05, 0) is 47.6 Å². The molecule has 2 rings (SSSR count). The molecule has 0 radical (unpaired) electrons. The van der Waals surface area contributed by atoms with Gasteiger partial charge in [-0.15, -0.1) is 5.10 Å². The molecular formula is C11H13BrN4O. The highest BCUT2D eigenvalue weighted by atomic mass is 79.9. The first-order chi connectivity index (χ1) is 8.19. The predicted octanol–water partition coefficient (Wildman–Crippen LogP) is 2.60. The van der Waals surface area contributed by atoms with Crippen LogP contribution in [-0.2, 0) is 6.54 Å². The number of nitrogens with one attached hydrogen (secondary N) is 2. The van der Waals surface area contributed by atoms with Gasteiger partial charge in [-0.3, -0.25) is 0 Å². The monoisotopic (exact) mass is 296 g/mol. The molecule has 0 amide bonds. The second-order valence-corrected chi connectivity index (χ2v) is 4.49. The number of hydrogen-bond acceptors (Lipinski definition) is 5. The van der Waals surface area contributed by atoms with E-state index in [9.17, 15) is 0 Å². The molecule has 0 bridgehead atoms. The maximum absolute atomic E-state index is 5.41. The molecule has 5 nitrogen and oxygen atoms in total. The molecule has 90 valence electrons. The number of nitrogens with zero attached hydrogens (tertiary/aromatic N) is 2. The maximum atomic E-state index is 5.41. The highest BCUT2D eigenvalue weighted by Gasteiger charge is 2.07. The van der Waals surface area contributed by atoms with Crippen molar-refractivity contribution >= 4 is 27.6 Å². The highest BCUT2D eigenvalue weighted by molar-refractivity contribution is 9.10. The van der Waals surface area contributed by atoms with Crippen molar-refractivity contribution in [3.8, 4) is 0 Å². The fourth-order valence-electron chi connectivity index (χ4n) is 1.38. The number of aromatic nitrogens is 2. The lowest BCUT2D eigenvalue weighted by Gasteiger charge is -2.05. The standard InChI is InChI=1S/C11H13BrN4O/c1-7-3-4-8(12)9(5-7)14-11-16-15-10(17-11)6-13-2/h3-5,13H,6H2,1-2H3,(H,14,16). The highest BCUT2D eigenvalue weighted by Crippen LogP contribution is 2.26. The molecule has 1 heterocycles. The molecule has 1 aromatic heterocycles. The molecule has 2 N–H and O–H groups in total. The molecule has 0 atom stereocenters. The van der Waals surface area contributed by atoms with Crippen molar-refractivity contribution in [3.05, 3.63) is 34.1 Å². The molecule has 0 aliphatic carbocycles. The first-order valence-corrected chi connectivity index (χ1v) is 5.98. The Bertz CT molecular complexity index is 512. The smallest absolute Gasteiger partial charge is 0.320 e. The van der Waals surface area contributed by atoms with Crippen LogP contribution >= 0.6 is 15.9 Å². The van der Waals surface area contributed by atoms with Crippen molar-refractivity contribution in [1.82, 2.24) is 15.5 Å². The molecule has 0 unspecified atom stereocenters. The molecule has 0 saturated heterocycles. The van der Waals surface area contributed by atoms with E-state index < -0.39 is 0 Å². The zero-order valence-corrected chi connectivity index (χ0v) is 11.2. The summed E-state index contributed by atoms with van der Waals surface area (Å²) < 4.78 is 6.36. The van der Waals surface area contributed by atoms with Gasteiger partial charge in [0, 0.05) is 4.47 Å². The fourth-order valence-corrected chi connectivity index (χ4v) is 1.72. The molecule has 0 aliphatic heterocycles. The Labute approximate surface area is 108 Å². The Hall–Kier alpha value is -1.40. The number of halogens is 1. The number of hydrogen-bond donors (Lipinski definition) is 2. The van der Waals surface area contributed by atoms with Gasteiger partial charge < -0.3 is 15.1 Å². The van der Waals surface area contributed by atoms with Gasteiger partial charge in [0.1, 0.15) is 0 Å². The Morgan fingerprint density at radius 2 is 2.18 bits per heavy atom. The van der Waals surface area contributed by atoms with E-state index in [0.717, 1.165) is 15.7 Å². The summed E-state index contributed by atoms with van der Waals surface area (Å²) in [5.74, 6) is 0.554. The molecular weight excluding hydrogens is 284 g/mol. The normalized spacial score (nSPS) is 10.5. The second kappa shape index (κ2) is 5.29. The predicted molar refractivity (Wildman–Crippen MR) is 69.2 cm³/mol. The number of anilines is 2. The van der Waals surface area contributed by atoms with Gasteiger partial charge in [0.15, 0.2) is 0 Å². The van der Waals surface area contributed by atoms with Crippen LogP contribution in [0.3, 0.4) is 0 Å². The van der Waals surface area contributed by atoms with Crippen LogP contribution in [0.4, 0.5) is 11.7 Å². The van der Waals surface area contributed by atoms with E-state index in [1.54, 1.807) is 0 Å². The van der Waals surface area contributed by atoms with Gasteiger partial charge in [-0.25, -0.2) is 0 Å². The zero-order chi connectivity index (χ0) is 12.3. The minimum absolute atomic E-state index is 0.390. The van der Waals surface area contributed by atoms with Gasteiger partial charge in [-0.2, -0.15) is 0 Å². The van der Waals surface area contributed by atoms with Crippen LogP contribution < -0.4 is 10.6 Å². The maximum Gasteiger partial charge on any atom is 0.320 e. The summed E-state index contributed by atoms with van der Waals surface area (Å²) in [6.07, 6.45) is 0. The third-order valence-electron chi connectivity index (χ3n) is 2.16. The van der Waals surface area contributed by atoms with Crippen LogP contribution in [0.25, 0.3) is 0 Å². The van der Waals surface area contributed by atoms with Crippen LogP contribution in [0.15, 0.2) is 27.1 Å². The lowest BCUT2D eigenvalue weighted by atomic mass is 10.2. The first kappa shape index (κ1) is 12.1. The zero-order valence-electron chi connectivity index (χ0n) is 9.62. The molecule has 1 aromatic carbocycles. The van der Waals surface area contributed by atoms with E-state index in [1.807, 2.05) is 32.2 Å². The van der Waals surface area contributed by atoms with Crippen molar-refractivity contribution in [2.45, 2.75) is 13.5 Å². The van der Waals surface area contributed by atoms with Gasteiger partial charge >= 0.3 is 6.01 Å². The molecule has 0 spiro atoms. The van der Waals surface area contributed by atoms with Crippen molar-refractivity contribution < 1.29 is 4.42 Å². The number of rotatable bonds is 4. The van der Waals surface area contributed by atoms with Gasteiger partial charge in [0.2, 0.25) is 5.89 Å². The van der Waals surface area contributed by atoms with E-state index in [2.05, 4.69) is 36.8 Å². The second-order valence-electron chi connectivity index (χ2n) is 3.64. The molecule has 2 aromatic rings. The topological polar surface area (TPSA) is 63.0 Å². The average Bonchev–Trinajstić information content (AvgIpc) is 2.72. The summed E-state index contributed by atoms with van der Waals surface area (Å²) in [5.41, 5.74) is 2.07. The van der Waals surface area contributed by atoms with Crippen LogP contribution in [0.5, 0.6) is 0 Å². The Morgan fingerprint density at radius 3 is 2.94 bits per heavy atom. The van der Waals surface area contributed by atoms with Crippen LogP contribution in [0, 0.1) is 6.92 Å². The summed E-state index contributed by atoms with van der Waals surface area (Å²) in [6, 6.07) is 6.39. The summed E-state index contributed by atoms with van der Waals surface area (Å²) in [7, 11) is 1.83. The molecule has 6 heteroatoms. The van der Waals surface area contributed by atoms with Gasteiger partial charge in [0.25, 0.3) is 0 Å². The number of aryl methyl sites for hydroxylation is 1. The van der Waals surface area contributed by atoms with E-state index in [-0.39, 0.29) is 0 Å². The third kappa shape index (κ3) is 3.04. The summed E-state index contributed by atoms with van der Waals surface area (Å²) in [5, 5.41) is 13.8. The molecule has 0 aliphatic rings. The lowest BCUT2D eigenvalue weighted by Crippen LogP contribution is -2.04. The molecule has 0 saturated carbocycles. The van der Waals surface area contributed by atoms with Crippen molar-refractivity contribution in [3.63, 3.8) is 0 Å². The van der Waals surface area contributed by atoms with Crippen LogP contribution in [0.2, 0.25) is 0 Å². The van der Waals surface area contributed by atoms with Gasteiger partial charge in [-0.1, -0.05) is 11.2 Å². The minimum atomic E-state index is 0.390. The lowest BCUT2D eigenvalue weighted by molar-refractivity contribution is 0.493. The summed E-state index contributed by atoms with van der Waals surface area (Å²) in [4.78, 5) is 0. The Balaban J connectivity index is 2.16. The summed E-state index contributed by atoms with van der Waals surface area (Å²) in [6.45, 7) is 2.58.